The number of benzene rings is 1. The van der Waals surface area contributed by atoms with Crippen molar-refractivity contribution in [3.63, 3.8) is 0 Å². The highest BCUT2D eigenvalue weighted by atomic mass is 79.9. The van der Waals surface area contributed by atoms with Crippen molar-refractivity contribution in [3.8, 4) is 0 Å². The number of hydrogen-bond donors (Lipinski definition) is 1. The molecule has 0 spiro atoms. The van der Waals surface area contributed by atoms with Gasteiger partial charge in [-0.2, -0.15) is 0 Å². The topological polar surface area (TPSA) is 30.5 Å². The zero-order valence-electron chi connectivity index (χ0n) is 12.5. The molecule has 0 aromatic heterocycles. The van der Waals surface area contributed by atoms with Gasteiger partial charge in [0.25, 0.3) is 0 Å². The largest absolute Gasteiger partial charge is 0.383 e. The number of ether oxygens (including phenoxy) is 2. The Morgan fingerprint density at radius 3 is 2.95 bits per heavy atom. The Hall–Kier alpha value is -0.490. The van der Waals surface area contributed by atoms with Gasteiger partial charge in [-0.25, -0.2) is 4.39 Å². The van der Waals surface area contributed by atoms with Crippen molar-refractivity contribution < 1.29 is 13.9 Å². The molecule has 3 nitrogen and oxygen atoms in total. The third-order valence-electron chi connectivity index (χ3n) is 3.89. The van der Waals surface area contributed by atoms with Gasteiger partial charge in [-0.3, -0.25) is 0 Å². The molecule has 1 aromatic carbocycles. The summed E-state index contributed by atoms with van der Waals surface area (Å²) in [4.78, 5) is 0. The maximum atomic E-state index is 13.6. The fourth-order valence-electron chi connectivity index (χ4n) is 2.93. The van der Waals surface area contributed by atoms with Gasteiger partial charge in [-0.1, -0.05) is 15.9 Å². The highest BCUT2D eigenvalue weighted by Gasteiger charge is 2.33. The number of nitrogens with one attached hydrogen (secondary N) is 1. The van der Waals surface area contributed by atoms with Crippen LogP contribution in [0.1, 0.15) is 18.4 Å². The van der Waals surface area contributed by atoms with E-state index in [0.717, 1.165) is 55.6 Å². The van der Waals surface area contributed by atoms with E-state index in [2.05, 4.69) is 21.2 Å². The molecule has 1 heterocycles. The fraction of sp³-hybridized carbons (Fsp3) is 0.625. The van der Waals surface area contributed by atoms with E-state index in [4.69, 9.17) is 9.47 Å². The van der Waals surface area contributed by atoms with Crippen LogP contribution < -0.4 is 5.32 Å². The number of methoxy groups -OCH3 is 1. The van der Waals surface area contributed by atoms with Crippen molar-refractivity contribution in [2.45, 2.75) is 19.3 Å². The average Bonchev–Trinajstić information content (AvgIpc) is 2.43. The van der Waals surface area contributed by atoms with Gasteiger partial charge in [0.15, 0.2) is 0 Å². The van der Waals surface area contributed by atoms with Crippen LogP contribution in [0.5, 0.6) is 0 Å². The second kappa shape index (κ2) is 8.22. The van der Waals surface area contributed by atoms with E-state index < -0.39 is 0 Å². The Bertz CT molecular complexity index is 430. The first kappa shape index (κ1) is 16.9. The quantitative estimate of drug-likeness (QED) is 0.758. The highest BCUT2D eigenvalue weighted by Crippen LogP contribution is 2.33. The molecule has 21 heavy (non-hydrogen) atoms. The molecule has 1 saturated heterocycles. The molecule has 118 valence electrons. The molecular formula is C16H23BrFNO2. The minimum atomic E-state index is -0.196. The van der Waals surface area contributed by atoms with Crippen molar-refractivity contribution in [2.75, 3.05) is 40.0 Å². The number of halogens is 2. The fourth-order valence-corrected chi connectivity index (χ4v) is 3.44. The third kappa shape index (κ3) is 5.33. The molecule has 0 radical (unpaired) electrons. The molecule has 5 heteroatoms. The third-order valence-corrected chi connectivity index (χ3v) is 4.35. The summed E-state index contributed by atoms with van der Waals surface area (Å²) < 4.78 is 25.1. The molecule has 1 fully saturated rings. The van der Waals surface area contributed by atoms with Crippen LogP contribution in [0.3, 0.4) is 0 Å². The summed E-state index contributed by atoms with van der Waals surface area (Å²) in [6.45, 7) is 3.94. The summed E-state index contributed by atoms with van der Waals surface area (Å²) >= 11 is 3.37. The second-order valence-corrected chi connectivity index (χ2v) is 6.70. The first-order valence-corrected chi connectivity index (χ1v) is 8.15. The Kier molecular flexibility index (Phi) is 6.61. The zero-order valence-corrected chi connectivity index (χ0v) is 14.0. The molecule has 1 aliphatic heterocycles. The normalized spacial score (nSPS) is 22.4. The van der Waals surface area contributed by atoms with E-state index in [-0.39, 0.29) is 11.2 Å². The lowest BCUT2D eigenvalue weighted by atomic mass is 9.77. The predicted molar refractivity (Wildman–Crippen MR) is 85.0 cm³/mol. The molecule has 1 aliphatic rings. The molecule has 0 aliphatic carbocycles. The van der Waals surface area contributed by atoms with Gasteiger partial charge in [0.2, 0.25) is 0 Å². The SMILES string of the molecule is COCCNCC1(Cc2cc(F)cc(Br)c2)CCCOC1. The van der Waals surface area contributed by atoms with Crippen LogP contribution in [0.2, 0.25) is 0 Å². The first-order valence-electron chi connectivity index (χ1n) is 7.36. The first-order chi connectivity index (χ1) is 10.1. The van der Waals surface area contributed by atoms with Crippen molar-refractivity contribution in [2.24, 2.45) is 5.41 Å². The molecular weight excluding hydrogens is 337 g/mol. The van der Waals surface area contributed by atoms with Gasteiger partial charge in [0.1, 0.15) is 5.82 Å². The zero-order chi connectivity index (χ0) is 15.1. The van der Waals surface area contributed by atoms with Gasteiger partial charge in [-0.15, -0.1) is 0 Å². The Labute approximate surface area is 134 Å². The lowest BCUT2D eigenvalue weighted by molar-refractivity contribution is -0.00773. The summed E-state index contributed by atoms with van der Waals surface area (Å²) in [6.07, 6.45) is 2.98. The van der Waals surface area contributed by atoms with E-state index >= 15 is 0 Å². The number of hydrogen-bond acceptors (Lipinski definition) is 3. The van der Waals surface area contributed by atoms with Crippen LogP contribution in [0, 0.1) is 11.2 Å². The van der Waals surface area contributed by atoms with Crippen LogP contribution in [0.15, 0.2) is 22.7 Å². The standard InChI is InChI=1S/C16H23BrFNO2/c1-20-6-4-19-11-16(3-2-5-21-12-16)10-13-7-14(17)9-15(18)8-13/h7-9,19H,2-6,10-12H2,1H3. The minimum Gasteiger partial charge on any atom is -0.383 e. The Morgan fingerprint density at radius 2 is 2.29 bits per heavy atom. The maximum Gasteiger partial charge on any atom is 0.124 e. The molecule has 1 aromatic rings. The summed E-state index contributed by atoms with van der Waals surface area (Å²) in [6, 6.07) is 5.11. The highest BCUT2D eigenvalue weighted by molar-refractivity contribution is 9.10. The van der Waals surface area contributed by atoms with Crippen LogP contribution >= 0.6 is 15.9 Å². The minimum absolute atomic E-state index is 0.0409. The molecule has 0 saturated carbocycles. The summed E-state index contributed by atoms with van der Waals surface area (Å²) in [5.41, 5.74) is 1.06. The molecule has 1 atom stereocenters. The summed E-state index contributed by atoms with van der Waals surface area (Å²) in [7, 11) is 1.70. The van der Waals surface area contributed by atoms with E-state index in [9.17, 15) is 4.39 Å². The van der Waals surface area contributed by atoms with Crippen LogP contribution in [0.4, 0.5) is 4.39 Å². The molecule has 1 unspecified atom stereocenters. The van der Waals surface area contributed by atoms with Crippen molar-refractivity contribution in [1.29, 1.82) is 0 Å². The van der Waals surface area contributed by atoms with E-state index in [1.54, 1.807) is 13.2 Å². The number of rotatable bonds is 7. The van der Waals surface area contributed by atoms with Crippen LogP contribution in [0.25, 0.3) is 0 Å². The van der Waals surface area contributed by atoms with Gasteiger partial charge in [0, 0.05) is 36.7 Å². The molecule has 2 rings (SSSR count). The van der Waals surface area contributed by atoms with Gasteiger partial charge in [-0.05, 0) is 43.0 Å². The van der Waals surface area contributed by atoms with Gasteiger partial charge >= 0.3 is 0 Å². The predicted octanol–water partition coefficient (Wildman–Crippen LogP) is 3.16. The van der Waals surface area contributed by atoms with Gasteiger partial charge in [0.05, 0.1) is 13.2 Å². The molecule has 0 bridgehead atoms. The summed E-state index contributed by atoms with van der Waals surface area (Å²) in [5.74, 6) is -0.196. The lowest BCUT2D eigenvalue weighted by Crippen LogP contribution is -2.43. The Morgan fingerprint density at radius 1 is 1.43 bits per heavy atom. The smallest absolute Gasteiger partial charge is 0.124 e. The summed E-state index contributed by atoms with van der Waals surface area (Å²) in [5, 5.41) is 3.44. The van der Waals surface area contributed by atoms with Crippen LogP contribution in [-0.4, -0.2) is 40.0 Å². The molecule has 1 N–H and O–H groups in total. The second-order valence-electron chi connectivity index (χ2n) is 5.78. The van der Waals surface area contributed by atoms with E-state index in [0.29, 0.717) is 6.61 Å². The van der Waals surface area contributed by atoms with Crippen molar-refractivity contribution in [1.82, 2.24) is 5.32 Å². The van der Waals surface area contributed by atoms with Crippen LogP contribution in [-0.2, 0) is 15.9 Å². The maximum absolute atomic E-state index is 13.6. The van der Waals surface area contributed by atoms with E-state index in [1.165, 1.54) is 6.07 Å². The van der Waals surface area contributed by atoms with Crippen molar-refractivity contribution >= 4 is 15.9 Å². The monoisotopic (exact) mass is 359 g/mol. The van der Waals surface area contributed by atoms with Gasteiger partial charge < -0.3 is 14.8 Å². The van der Waals surface area contributed by atoms with E-state index in [1.807, 2.05) is 6.07 Å². The van der Waals surface area contributed by atoms with Crippen molar-refractivity contribution in [3.05, 3.63) is 34.1 Å². The lowest BCUT2D eigenvalue weighted by Gasteiger charge is -2.37. The average molecular weight is 360 g/mol. The Balaban J connectivity index is 2.04. The molecule has 0 amide bonds.